The summed E-state index contributed by atoms with van der Waals surface area (Å²) in [5.41, 5.74) is 0. The van der Waals surface area contributed by atoms with E-state index in [9.17, 15) is 4.79 Å². The minimum atomic E-state index is -0.770. The lowest BCUT2D eigenvalue weighted by Gasteiger charge is -2.37. The number of ether oxygens (including phenoxy) is 1. The lowest BCUT2D eigenvalue weighted by atomic mass is 10.2. The predicted molar refractivity (Wildman–Crippen MR) is 71.7 cm³/mol. The van der Waals surface area contributed by atoms with Gasteiger partial charge in [0.05, 0.1) is 7.11 Å². The largest absolute Gasteiger partial charge is 0.497 e. The second-order valence-corrected chi connectivity index (χ2v) is 4.59. The van der Waals surface area contributed by atoms with Gasteiger partial charge in [0, 0.05) is 38.4 Å². The van der Waals surface area contributed by atoms with Gasteiger partial charge in [-0.05, 0) is 13.0 Å². The van der Waals surface area contributed by atoms with Crippen LogP contribution in [-0.2, 0) is 4.79 Å². The minimum absolute atomic E-state index is 0.430. The summed E-state index contributed by atoms with van der Waals surface area (Å²) in [4.78, 5) is 19.4. The fourth-order valence-corrected chi connectivity index (χ4v) is 2.19. The average Bonchev–Trinajstić information content (AvgIpc) is 2.46. The lowest BCUT2D eigenvalue weighted by Crippen LogP contribution is -2.51. The third-order valence-electron chi connectivity index (χ3n) is 3.50. The molecule has 0 bridgehead atoms. The Hall–Kier alpha value is -1.82. The van der Waals surface area contributed by atoms with Gasteiger partial charge in [0.15, 0.2) is 0 Å². The van der Waals surface area contributed by atoms with E-state index >= 15 is 0 Å². The smallest absolute Gasteiger partial charge is 0.320 e. The molecule has 1 N–H and O–H groups in total. The van der Waals surface area contributed by atoms with E-state index in [1.165, 1.54) is 0 Å². The van der Waals surface area contributed by atoms with Crippen LogP contribution in [0.2, 0.25) is 0 Å². The van der Waals surface area contributed by atoms with Crippen molar-refractivity contribution in [2.45, 2.75) is 13.0 Å². The molecule has 6 nitrogen and oxygen atoms in total. The SMILES string of the molecule is COc1ccnc(N2CCN(C(C)C(=O)O)CC2)c1. The Morgan fingerprint density at radius 1 is 1.42 bits per heavy atom. The van der Waals surface area contributed by atoms with E-state index in [0.717, 1.165) is 37.7 Å². The van der Waals surface area contributed by atoms with Crippen LogP contribution >= 0.6 is 0 Å². The van der Waals surface area contributed by atoms with Crippen LogP contribution in [0.5, 0.6) is 5.75 Å². The van der Waals surface area contributed by atoms with E-state index in [0.29, 0.717) is 0 Å². The van der Waals surface area contributed by atoms with Gasteiger partial charge in [-0.1, -0.05) is 0 Å². The number of methoxy groups -OCH3 is 1. The molecule has 1 aromatic heterocycles. The van der Waals surface area contributed by atoms with Gasteiger partial charge >= 0.3 is 5.97 Å². The third-order valence-corrected chi connectivity index (χ3v) is 3.50. The monoisotopic (exact) mass is 265 g/mol. The first kappa shape index (κ1) is 13.6. The molecule has 0 aliphatic carbocycles. The number of piperazine rings is 1. The maximum atomic E-state index is 10.9. The second-order valence-electron chi connectivity index (χ2n) is 4.59. The van der Waals surface area contributed by atoms with Crippen LogP contribution in [0.4, 0.5) is 5.82 Å². The quantitative estimate of drug-likeness (QED) is 0.864. The van der Waals surface area contributed by atoms with Crippen molar-refractivity contribution < 1.29 is 14.6 Å². The summed E-state index contributed by atoms with van der Waals surface area (Å²) in [7, 11) is 1.63. The van der Waals surface area contributed by atoms with Crippen molar-refractivity contribution in [2.24, 2.45) is 0 Å². The molecule has 1 atom stereocenters. The van der Waals surface area contributed by atoms with Gasteiger partial charge in [-0.15, -0.1) is 0 Å². The lowest BCUT2D eigenvalue weighted by molar-refractivity contribution is -0.142. The number of anilines is 1. The van der Waals surface area contributed by atoms with Gasteiger partial charge in [0.2, 0.25) is 0 Å². The van der Waals surface area contributed by atoms with Crippen molar-refractivity contribution in [1.82, 2.24) is 9.88 Å². The number of pyridine rings is 1. The molecule has 1 unspecified atom stereocenters. The number of carbonyl (C=O) groups is 1. The normalized spacial score (nSPS) is 18.1. The summed E-state index contributed by atoms with van der Waals surface area (Å²) in [6, 6.07) is 3.28. The molecule has 19 heavy (non-hydrogen) atoms. The van der Waals surface area contributed by atoms with Crippen LogP contribution in [0.3, 0.4) is 0 Å². The summed E-state index contributed by atoms with van der Waals surface area (Å²) < 4.78 is 5.18. The van der Waals surface area contributed by atoms with E-state index in [4.69, 9.17) is 9.84 Å². The standard InChI is InChI=1S/C13H19N3O3/c1-10(13(17)18)15-5-7-16(8-6-15)12-9-11(19-2)3-4-14-12/h3-4,9-10H,5-8H2,1-2H3,(H,17,18). The first-order valence-electron chi connectivity index (χ1n) is 6.33. The van der Waals surface area contributed by atoms with Crippen molar-refractivity contribution in [2.75, 3.05) is 38.2 Å². The zero-order valence-corrected chi connectivity index (χ0v) is 11.2. The van der Waals surface area contributed by atoms with Gasteiger partial charge in [0.25, 0.3) is 0 Å². The molecular weight excluding hydrogens is 246 g/mol. The van der Waals surface area contributed by atoms with Gasteiger partial charge in [-0.25, -0.2) is 4.98 Å². The summed E-state index contributed by atoms with van der Waals surface area (Å²) in [6.07, 6.45) is 1.72. The number of aromatic nitrogens is 1. The van der Waals surface area contributed by atoms with E-state index in [1.54, 1.807) is 20.2 Å². The molecule has 0 amide bonds. The molecule has 0 saturated carbocycles. The fraction of sp³-hybridized carbons (Fsp3) is 0.538. The van der Waals surface area contributed by atoms with E-state index in [1.807, 2.05) is 17.0 Å². The Morgan fingerprint density at radius 3 is 2.68 bits per heavy atom. The first-order valence-corrected chi connectivity index (χ1v) is 6.33. The maximum absolute atomic E-state index is 10.9. The molecule has 2 heterocycles. The summed E-state index contributed by atoms with van der Waals surface area (Å²) >= 11 is 0. The number of aliphatic carboxylic acids is 1. The van der Waals surface area contributed by atoms with E-state index < -0.39 is 12.0 Å². The minimum Gasteiger partial charge on any atom is -0.497 e. The molecule has 1 aliphatic rings. The maximum Gasteiger partial charge on any atom is 0.320 e. The van der Waals surface area contributed by atoms with Crippen LogP contribution in [0, 0.1) is 0 Å². The average molecular weight is 265 g/mol. The molecule has 0 aromatic carbocycles. The van der Waals surface area contributed by atoms with Gasteiger partial charge in [-0.3, -0.25) is 9.69 Å². The molecule has 1 aromatic rings. The van der Waals surface area contributed by atoms with Crippen LogP contribution in [0.25, 0.3) is 0 Å². The fourth-order valence-electron chi connectivity index (χ4n) is 2.19. The first-order chi connectivity index (χ1) is 9.11. The number of rotatable bonds is 4. The van der Waals surface area contributed by atoms with E-state index in [2.05, 4.69) is 9.88 Å². The van der Waals surface area contributed by atoms with Crippen LogP contribution in [0.15, 0.2) is 18.3 Å². The number of hydrogen-bond acceptors (Lipinski definition) is 5. The van der Waals surface area contributed by atoms with Crippen LogP contribution in [0.1, 0.15) is 6.92 Å². The Bertz CT molecular complexity index is 445. The van der Waals surface area contributed by atoms with Crippen LogP contribution < -0.4 is 9.64 Å². The number of nitrogens with zero attached hydrogens (tertiary/aromatic N) is 3. The van der Waals surface area contributed by atoms with Crippen molar-refractivity contribution in [1.29, 1.82) is 0 Å². The highest BCUT2D eigenvalue weighted by atomic mass is 16.5. The number of carboxylic acid groups (broad SMARTS) is 1. The molecule has 0 radical (unpaired) electrons. The highest BCUT2D eigenvalue weighted by Crippen LogP contribution is 2.19. The zero-order valence-electron chi connectivity index (χ0n) is 11.2. The summed E-state index contributed by atoms with van der Waals surface area (Å²) in [6.45, 7) is 4.73. The Balaban J connectivity index is 1.97. The summed E-state index contributed by atoms with van der Waals surface area (Å²) in [5.74, 6) is 0.890. The Morgan fingerprint density at radius 2 is 2.11 bits per heavy atom. The molecule has 1 saturated heterocycles. The number of hydrogen-bond donors (Lipinski definition) is 1. The Kier molecular flexibility index (Phi) is 4.21. The third kappa shape index (κ3) is 3.14. The molecule has 0 spiro atoms. The second kappa shape index (κ2) is 5.88. The van der Waals surface area contributed by atoms with Gasteiger partial charge in [-0.2, -0.15) is 0 Å². The van der Waals surface area contributed by atoms with Crippen molar-refractivity contribution in [3.8, 4) is 5.75 Å². The zero-order chi connectivity index (χ0) is 13.8. The van der Waals surface area contributed by atoms with Gasteiger partial charge in [0.1, 0.15) is 17.6 Å². The van der Waals surface area contributed by atoms with Gasteiger partial charge < -0.3 is 14.7 Å². The predicted octanol–water partition coefficient (Wildman–Crippen LogP) is 0.685. The highest BCUT2D eigenvalue weighted by molar-refractivity contribution is 5.72. The topological polar surface area (TPSA) is 65.9 Å². The van der Waals surface area contributed by atoms with Crippen molar-refractivity contribution >= 4 is 11.8 Å². The molecule has 2 rings (SSSR count). The molecule has 1 aliphatic heterocycles. The van der Waals surface area contributed by atoms with Crippen LogP contribution in [-0.4, -0.2) is 60.3 Å². The molecule has 6 heteroatoms. The summed E-state index contributed by atoms with van der Waals surface area (Å²) in [5, 5.41) is 9.00. The van der Waals surface area contributed by atoms with E-state index in [-0.39, 0.29) is 0 Å². The molecule has 1 fully saturated rings. The number of carboxylic acids is 1. The van der Waals surface area contributed by atoms with Crippen molar-refractivity contribution in [3.05, 3.63) is 18.3 Å². The molecule has 104 valence electrons. The Labute approximate surface area is 112 Å². The van der Waals surface area contributed by atoms with Crippen molar-refractivity contribution in [3.63, 3.8) is 0 Å². The molecular formula is C13H19N3O3. The highest BCUT2D eigenvalue weighted by Gasteiger charge is 2.25.